The van der Waals surface area contributed by atoms with Gasteiger partial charge in [-0.15, -0.1) is 0 Å². The van der Waals surface area contributed by atoms with E-state index in [0.29, 0.717) is 31.0 Å². The molecule has 3 rings (SSSR count). The van der Waals surface area contributed by atoms with E-state index in [1.165, 1.54) is 0 Å². The summed E-state index contributed by atoms with van der Waals surface area (Å²) in [5.74, 6) is 0.288. The van der Waals surface area contributed by atoms with Gasteiger partial charge < -0.3 is 15.0 Å². The second kappa shape index (κ2) is 7.56. The lowest BCUT2D eigenvalue weighted by molar-refractivity contribution is 0.101. The Morgan fingerprint density at radius 2 is 2.00 bits per heavy atom. The number of rotatable bonds is 7. The summed E-state index contributed by atoms with van der Waals surface area (Å²) < 4.78 is 3.58. The Balaban J connectivity index is 1.67. The summed E-state index contributed by atoms with van der Waals surface area (Å²) >= 11 is 0. The van der Waals surface area contributed by atoms with Crippen molar-refractivity contribution in [2.24, 2.45) is 0 Å². The molecule has 7 nitrogen and oxygen atoms in total. The summed E-state index contributed by atoms with van der Waals surface area (Å²) in [4.78, 5) is 16.5. The number of aromatic nitrogens is 4. The van der Waals surface area contributed by atoms with Crippen molar-refractivity contribution in [1.29, 1.82) is 0 Å². The second-order valence-corrected chi connectivity index (χ2v) is 5.37. The largest absolute Gasteiger partial charge is 0.396 e. The van der Waals surface area contributed by atoms with Crippen molar-refractivity contribution in [2.45, 2.75) is 19.5 Å². The number of nitrogens with zero attached hydrogens (tertiary/aromatic N) is 4. The third kappa shape index (κ3) is 3.88. The molecule has 0 unspecified atom stereocenters. The summed E-state index contributed by atoms with van der Waals surface area (Å²) in [6, 6.07) is 9.20. The Kier molecular flexibility index (Phi) is 5.02. The van der Waals surface area contributed by atoms with Crippen LogP contribution in [0.1, 0.15) is 22.5 Å². The SMILES string of the molecule is O=C(Nc1ccn(CCCO)n1)c1cccn1Cc1ccncc1. The first kappa shape index (κ1) is 15.9. The molecule has 0 spiro atoms. The van der Waals surface area contributed by atoms with Crippen LogP contribution in [0.15, 0.2) is 55.1 Å². The highest BCUT2D eigenvalue weighted by atomic mass is 16.3. The van der Waals surface area contributed by atoms with Crippen LogP contribution in [0, 0.1) is 0 Å². The van der Waals surface area contributed by atoms with E-state index in [1.807, 2.05) is 29.0 Å². The number of amides is 1. The average molecular weight is 325 g/mol. The summed E-state index contributed by atoms with van der Waals surface area (Å²) in [6.07, 6.45) is 7.75. The maximum Gasteiger partial charge on any atom is 0.273 e. The molecule has 3 aromatic heterocycles. The minimum atomic E-state index is -0.207. The normalized spacial score (nSPS) is 10.7. The Bertz CT molecular complexity index is 794. The van der Waals surface area contributed by atoms with Crippen molar-refractivity contribution in [3.05, 3.63) is 66.4 Å². The maximum absolute atomic E-state index is 12.5. The van der Waals surface area contributed by atoms with Gasteiger partial charge in [-0.1, -0.05) is 0 Å². The maximum atomic E-state index is 12.5. The average Bonchev–Trinajstić information content (AvgIpc) is 3.23. The number of hydrogen-bond acceptors (Lipinski definition) is 4. The lowest BCUT2D eigenvalue weighted by Crippen LogP contribution is -2.17. The molecule has 3 aromatic rings. The molecule has 0 saturated carbocycles. The van der Waals surface area contributed by atoms with Crippen LogP contribution in [0.4, 0.5) is 5.82 Å². The third-order valence-corrected chi connectivity index (χ3v) is 3.59. The Labute approximate surface area is 139 Å². The van der Waals surface area contributed by atoms with Gasteiger partial charge in [0.25, 0.3) is 5.91 Å². The second-order valence-electron chi connectivity index (χ2n) is 5.37. The molecule has 1 amide bonds. The van der Waals surface area contributed by atoms with Crippen molar-refractivity contribution < 1.29 is 9.90 Å². The van der Waals surface area contributed by atoms with E-state index < -0.39 is 0 Å². The number of aliphatic hydroxyl groups excluding tert-OH is 1. The molecule has 0 aromatic carbocycles. The molecule has 0 fully saturated rings. The molecule has 124 valence electrons. The fourth-order valence-electron chi connectivity index (χ4n) is 2.41. The van der Waals surface area contributed by atoms with Gasteiger partial charge in [0.1, 0.15) is 5.69 Å². The van der Waals surface area contributed by atoms with Gasteiger partial charge >= 0.3 is 0 Å². The Hall–Kier alpha value is -2.93. The molecule has 7 heteroatoms. The minimum Gasteiger partial charge on any atom is -0.396 e. The van der Waals surface area contributed by atoms with Gasteiger partial charge in [0.2, 0.25) is 0 Å². The zero-order valence-electron chi connectivity index (χ0n) is 13.2. The van der Waals surface area contributed by atoms with E-state index >= 15 is 0 Å². The summed E-state index contributed by atoms with van der Waals surface area (Å²) in [5.41, 5.74) is 1.64. The van der Waals surface area contributed by atoms with E-state index in [9.17, 15) is 4.79 Å². The number of carbonyl (C=O) groups excluding carboxylic acids is 1. The van der Waals surface area contributed by atoms with Crippen molar-refractivity contribution in [2.75, 3.05) is 11.9 Å². The lowest BCUT2D eigenvalue weighted by atomic mass is 10.2. The first-order valence-corrected chi connectivity index (χ1v) is 7.76. The summed E-state index contributed by atoms with van der Waals surface area (Å²) in [5, 5.41) is 15.9. The van der Waals surface area contributed by atoms with Crippen LogP contribution >= 0.6 is 0 Å². The highest BCUT2D eigenvalue weighted by Gasteiger charge is 2.12. The predicted molar refractivity (Wildman–Crippen MR) is 89.7 cm³/mol. The molecular formula is C17H19N5O2. The number of pyridine rings is 1. The molecule has 0 saturated heterocycles. The fraction of sp³-hybridized carbons (Fsp3) is 0.235. The molecular weight excluding hydrogens is 306 g/mol. The van der Waals surface area contributed by atoms with E-state index in [0.717, 1.165) is 5.56 Å². The van der Waals surface area contributed by atoms with Gasteiger partial charge in [0, 0.05) is 50.6 Å². The highest BCUT2D eigenvalue weighted by Crippen LogP contribution is 2.10. The van der Waals surface area contributed by atoms with Crippen LogP contribution in [0.2, 0.25) is 0 Å². The first-order valence-electron chi connectivity index (χ1n) is 7.76. The number of nitrogens with one attached hydrogen (secondary N) is 1. The summed E-state index contributed by atoms with van der Waals surface area (Å²) in [7, 11) is 0. The van der Waals surface area contributed by atoms with Crippen molar-refractivity contribution in [1.82, 2.24) is 19.3 Å². The predicted octanol–water partition coefficient (Wildman–Crippen LogP) is 1.76. The standard InChI is InChI=1S/C17H19N5O2/c23-12-2-10-22-11-6-16(20-22)19-17(24)15-3-1-9-21(15)13-14-4-7-18-8-5-14/h1,3-9,11,23H,2,10,12-13H2,(H,19,20,24). The molecule has 2 N–H and O–H groups in total. The number of hydrogen-bond donors (Lipinski definition) is 2. The smallest absolute Gasteiger partial charge is 0.273 e. The third-order valence-electron chi connectivity index (χ3n) is 3.59. The zero-order valence-corrected chi connectivity index (χ0v) is 13.2. The van der Waals surface area contributed by atoms with Crippen molar-refractivity contribution in [3.63, 3.8) is 0 Å². The number of carbonyl (C=O) groups is 1. The Morgan fingerprint density at radius 1 is 1.17 bits per heavy atom. The zero-order chi connectivity index (χ0) is 16.8. The quantitative estimate of drug-likeness (QED) is 0.693. The fourth-order valence-corrected chi connectivity index (χ4v) is 2.41. The molecule has 3 heterocycles. The van der Waals surface area contributed by atoms with Gasteiger partial charge in [-0.2, -0.15) is 5.10 Å². The van der Waals surface area contributed by atoms with Crippen molar-refractivity contribution >= 4 is 11.7 Å². The van der Waals surface area contributed by atoms with Gasteiger partial charge in [0.15, 0.2) is 5.82 Å². The van der Waals surface area contributed by atoms with Gasteiger partial charge in [-0.25, -0.2) is 0 Å². The topological polar surface area (TPSA) is 85.0 Å². The summed E-state index contributed by atoms with van der Waals surface area (Å²) in [6.45, 7) is 1.33. The van der Waals surface area contributed by atoms with Gasteiger partial charge in [-0.05, 0) is 36.2 Å². The monoisotopic (exact) mass is 325 g/mol. The van der Waals surface area contributed by atoms with Crippen LogP contribution in [-0.2, 0) is 13.1 Å². The van der Waals surface area contributed by atoms with Crippen LogP contribution in [-0.4, -0.2) is 37.0 Å². The van der Waals surface area contributed by atoms with Gasteiger partial charge in [-0.3, -0.25) is 14.5 Å². The molecule has 0 aliphatic carbocycles. The number of aryl methyl sites for hydroxylation is 1. The molecule has 0 radical (unpaired) electrons. The van der Waals surface area contributed by atoms with Crippen LogP contribution in [0.5, 0.6) is 0 Å². The van der Waals surface area contributed by atoms with E-state index in [-0.39, 0.29) is 12.5 Å². The van der Waals surface area contributed by atoms with Crippen LogP contribution in [0.25, 0.3) is 0 Å². The molecule has 0 bridgehead atoms. The first-order chi connectivity index (χ1) is 11.8. The van der Waals surface area contributed by atoms with Crippen LogP contribution < -0.4 is 5.32 Å². The highest BCUT2D eigenvalue weighted by molar-refractivity contribution is 6.02. The van der Waals surface area contributed by atoms with Crippen LogP contribution in [0.3, 0.4) is 0 Å². The number of aliphatic hydroxyl groups is 1. The van der Waals surface area contributed by atoms with Crippen molar-refractivity contribution in [3.8, 4) is 0 Å². The minimum absolute atomic E-state index is 0.115. The molecule has 0 atom stereocenters. The van der Waals surface area contributed by atoms with E-state index in [1.54, 1.807) is 35.4 Å². The number of anilines is 1. The Morgan fingerprint density at radius 3 is 2.79 bits per heavy atom. The molecule has 24 heavy (non-hydrogen) atoms. The van der Waals surface area contributed by atoms with Gasteiger partial charge in [0.05, 0.1) is 0 Å². The molecule has 0 aliphatic rings. The molecule has 0 aliphatic heterocycles. The van der Waals surface area contributed by atoms with E-state index in [2.05, 4.69) is 15.4 Å². The lowest BCUT2D eigenvalue weighted by Gasteiger charge is -2.09. The van der Waals surface area contributed by atoms with E-state index in [4.69, 9.17) is 5.11 Å².